The molecule has 0 saturated heterocycles. The average molecular weight is 305 g/mol. The zero-order valence-corrected chi connectivity index (χ0v) is 11.1. The van der Waals surface area contributed by atoms with Gasteiger partial charge in [0.1, 0.15) is 0 Å². The molecule has 2 aromatic carbocycles. The Morgan fingerprint density at radius 2 is 1.06 bits per heavy atom. The Morgan fingerprint density at radius 3 is 1.38 bits per heavy atom. The van der Waals surface area contributed by atoms with Crippen LogP contribution in [0.25, 0.3) is 0 Å². The Kier molecular flexibility index (Phi) is 3.90. The summed E-state index contributed by atoms with van der Waals surface area (Å²) in [6, 6.07) is 21.6. The first-order valence-corrected chi connectivity index (χ1v) is 7.42. The molecule has 0 spiro atoms. The molecule has 87 valence electrons. The van der Waals surface area contributed by atoms with Gasteiger partial charge in [-0.05, 0) is 0 Å². The zero-order chi connectivity index (χ0) is 11.4. The monoisotopic (exact) mass is 304 g/mol. The second-order valence-corrected chi connectivity index (χ2v) is 7.74. The predicted molar refractivity (Wildman–Crippen MR) is 65.8 cm³/mol. The second kappa shape index (κ2) is 5.41. The van der Waals surface area contributed by atoms with E-state index in [0.29, 0.717) is 0 Å². The van der Waals surface area contributed by atoms with Crippen molar-refractivity contribution in [2.75, 3.05) is 14.1 Å². The van der Waals surface area contributed by atoms with Crippen molar-refractivity contribution >= 4 is 8.07 Å². The molecule has 2 aromatic rings. The van der Waals surface area contributed by atoms with Crippen LogP contribution >= 0.6 is 0 Å². The Balaban J connectivity index is 2.40. The molecule has 0 amide bonds. The van der Waals surface area contributed by atoms with Crippen molar-refractivity contribution in [1.29, 1.82) is 0 Å². The van der Waals surface area contributed by atoms with Crippen LogP contribution in [0.4, 0.5) is 0 Å². The fourth-order valence-corrected chi connectivity index (χ4v) is 5.14. The van der Waals surface area contributed by atoms with Gasteiger partial charge in [-0.2, -0.15) is 0 Å². The topological polar surface area (TPSA) is 3.24 Å². The van der Waals surface area contributed by atoms with Crippen LogP contribution in [0.3, 0.4) is 0 Å². The van der Waals surface area contributed by atoms with Crippen LogP contribution in [0.5, 0.6) is 0 Å². The van der Waals surface area contributed by atoms with Crippen LogP contribution < -0.4 is 8.07 Å². The summed E-state index contributed by atoms with van der Waals surface area (Å²) in [5.41, 5.74) is 0. The van der Waals surface area contributed by atoms with Gasteiger partial charge in [0.05, 0.1) is 0 Å². The van der Waals surface area contributed by atoms with Crippen molar-refractivity contribution in [1.82, 2.24) is 3.53 Å². The van der Waals surface area contributed by atoms with Gasteiger partial charge in [0, 0.05) is 0 Å². The number of benzene rings is 2. The molecule has 0 saturated carbocycles. The molecule has 2 heteroatoms. The van der Waals surface area contributed by atoms with E-state index in [1.807, 2.05) is 0 Å². The second-order valence-electron chi connectivity index (χ2n) is 3.47. The third-order valence-electron chi connectivity index (χ3n) is 2.05. The third-order valence-corrected chi connectivity index (χ3v) is 6.18. The van der Waals surface area contributed by atoms with Gasteiger partial charge in [-0.25, -0.2) is 0 Å². The maximum atomic E-state index is 2.36. The molecule has 0 unspecified atom stereocenters. The first kappa shape index (κ1) is 11.5. The van der Waals surface area contributed by atoms with Crippen molar-refractivity contribution in [3.05, 3.63) is 60.7 Å². The molecule has 0 radical (unpaired) electrons. The van der Waals surface area contributed by atoms with Crippen molar-refractivity contribution in [2.45, 2.75) is 0 Å². The third kappa shape index (κ3) is 2.60. The molecule has 0 N–H and O–H groups in total. The quantitative estimate of drug-likeness (QED) is 0.781. The summed E-state index contributed by atoms with van der Waals surface area (Å²) in [6.07, 6.45) is 0. The first-order chi connectivity index (χ1) is 7.79. The van der Waals surface area contributed by atoms with Crippen LogP contribution in [-0.2, 0) is 17.0 Å². The van der Waals surface area contributed by atoms with Crippen LogP contribution in [0.1, 0.15) is 0 Å². The van der Waals surface area contributed by atoms with Gasteiger partial charge >= 0.3 is 103 Å². The van der Waals surface area contributed by atoms with E-state index >= 15 is 0 Å². The van der Waals surface area contributed by atoms with Gasteiger partial charge in [0.15, 0.2) is 0 Å². The molecule has 0 heterocycles. The summed E-state index contributed by atoms with van der Waals surface area (Å²) in [6.45, 7) is 0. The molecular weight excluding hydrogens is 289 g/mol. The molecule has 0 bridgehead atoms. The SMILES string of the molecule is C[N](C)[Pd]([c]1ccccc1)[c]1ccccc1. The fraction of sp³-hybridized carbons (Fsp3) is 0.143. The Hall–Kier alpha value is -0.938. The van der Waals surface area contributed by atoms with Crippen LogP contribution in [0, 0.1) is 0 Å². The Labute approximate surface area is 103 Å². The van der Waals surface area contributed by atoms with Crippen molar-refractivity contribution in [3.63, 3.8) is 0 Å². The van der Waals surface area contributed by atoms with E-state index < -0.39 is 17.0 Å². The van der Waals surface area contributed by atoms with Crippen LogP contribution in [-0.4, -0.2) is 17.6 Å². The summed E-state index contributed by atoms with van der Waals surface area (Å²) in [5, 5.41) is 0. The Morgan fingerprint density at radius 1 is 0.688 bits per heavy atom. The summed E-state index contributed by atoms with van der Waals surface area (Å²) in [4.78, 5) is 0. The van der Waals surface area contributed by atoms with E-state index in [1.54, 1.807) is 0 Å². The van der Waals surface area contributed by atoms with E-state index in [-0.39, 0.29) is 0 Å². The van der Waals surface area contributed by atoms with Crippen LogP contribution in [0.15, 0.2) is 60.7 Å². The van der Waals surface area contributed by atoms with Crippen molar-refractivity contribution in [2.24, 2.45) is 0 Å². The average Bonchev–Trinajstić information content (AvgIpc) is 2.31. The molecular formula is C14H16NPd. The van der Waals surface area contributed by atoms with Crippen molar-refractivity contribution in [3.8, 4) is 0 Å². The van der Waals surface area contributed by atoms with E-state index in [9.17, 15) is 0 Å². The molecule has 0 atom stereocenters. The normalized spacial score (nSPS) is 11.6. The van der Waals surface area contributed by atoms with E-state index in [1.165, 1.54) is 8.07 Å². The summed E-state index contributed by atoms with van der Waals surface area (Å²) < 4.78 is 5.26. The fourth-order valence-electron chi connectivity index (χ4n) is 1.44. The molecule has 0 fully saturated rings. The molecule has 0 aromatic heterocycles. The molecule has 0 aliphatic rings. The van der Waals surface area contributed by atoms with Gasteiger partial charge in [-0.1, -0.05) is 0 Å². The van der Waals surface area contributed by atoms with Gasteiger partial charge in [0.25, 0.3) is 0 Å². The summed E-state index contributed by atoms with van der Waals surface area (Å²) >= 11 is -0.946. The van der Waals surface area contributed by atoms with E-state index in [0.717, 1.165) is 0 Å². The first-order valence-electron chi connectivity index (χ1n) is 5.17. The minimum atomic E-state index is -0.946. The number of hydrogen-bond donors (Lipinski definition) is 0. The standard InChI is InChI=1S/2C6H5.C2H6N.Pd/c2*1-2-4-6-5-3-1;1-3-2;/h2*1-5H;1-2H3;/q;;-1;+1. The predicted octanol–water partition coefficient (Wildman–Crippen LogP) is 1.73. The maximum absolute atomic E-state index is 2.36. The van der Waals surface area contributed by atoms with Crippen molar-refractivity contribution < 1.29 is 17.0 Å². The number of hydrogen-bond acceptors (Lipinski definition) is 1. The molecule has 1 nitrogen and oxygen atoms in total. The van der Waals surface area contributed by atoms with Gasteiger partial charge in [-0.3, -0.25) is 0 Å². The van der Waals surface area contributed by atoms with Crippen LogP contribution in [0.2, 0.25) is 0 Å². The summed E-state index contributed by atoms with van der Waals surface area (Å²) in [5.74, 6) is 0. The number of nitrogens with zero attached hydrogens (tertiary/aromatic N) is 1. The summed E-state index contributed by atoms with van der Waals surface area (Å²) in [7, 11) is 4.34. The van der Waals surface area contributed by atoms with Gasteiger partial charge < -0.3 is 0 Å². The van der Waals surface area contributed by atoms with Gasteiger partial charge in [-0.15, -0.1) is 0 Å². The molecule has 0 aliphatic carbocycles. The number of rotatable bonds is 3. The minimum absolute atomic E-state index is 0.946. The van der Waals surface area contributed by atoms with E-state index in [2.05, 4.69) is 78.3 Å². The molecule has 0 aliphatic heterocycles. The van der Waals surface area contributed by atoms with Gasteiger partial charge in [0.2, 0.25) is 0 Å². The Bertz CT molecular complexity index is 386. The zero-order valence-electron chi connectivity index (χ0n) is 9.54. The molecule has 2 rings (SSSR count). The molecule has 16 heavy (non-hydrogen) atoms. The van der Waals surface area contributed by atoms with E-state index in [4.69, 9.17) is 0 Å².